The standard InChI is InChI=1S/3C7H5NO4.2Fe/c3*9-6(10)4-2-1-3-5(8-4)7(11)12;;/h3*1-3H,(H,9,10)(H,11,12);;/q;;;2*+3/p-6. The van der Waals surface area contributed by atoms with Gasteiger partial charge in [0, 0.05) is 0 Å². The van der Waals surface area contributed by atoms with Gasteiger partial charge in [0.1, 0.15) is 0 Å². The maximum Gasteiger partial charge on any atom is 3.00 e. The van der Waals surface area contributed by atoms with E-state index < -0.39 is 70.0 Å². The number of aromatic nitrogens is 3. The molecule has 15 nitrogen and oxygen atoms in total. The fraction of sp³-hybridized carbons (Fsp3) is 0. The molecule has 0 fully saturated rings. The molecule has 0 atom stereocenters. The number of nitrogens with zero attached hydrogens (tertiary/aromatic N) is 3. The van der Waals surface area contributed by atoms with Gasteiger partial charge in [-0.15, -0.1) is 0 Å². The third-order valence-electron chi connectivity index (χ3n) is 3.50. The number of aromatic carboxylic acids is 6. The maximum absolute atomic E-state index is 10.2. The largest absolute Gasteiger partial charge is 3.00 e. The Labute approximate surface area is 232 Å². The molecule has 3 heterocycles. The van der Waals surface area contributed by atoms with Crippen LogP contribution in [-0.2, 0) is 34.1 Å². The van der Waals surface area contributed by atoms with E-state index in [9.17, 15) is 59.4 Å². The van der Waals surface area contributed by atoms with Crippen LogP contribution in [-0.4, -0.2) is 50.8 Å². The first-order valence-corrected chi connectivity index (χ1v) is 9.02. The van der Waals surface area contributed by atoms with Gasteiger partial charge < -0.3 is 59.4 Å². The van der Waals surface area contributed by atoms with Crippen molar-refractivity contribution in [2.24, 2.45) is 0 Å². The van der Waals surface area contributed by atoms with Gasteiger partial charge in [-0.2, -0.15) is 0 Å². The number of carbonyl (C=O) groups is 6. The van der Waals surface area contributed by atoms with Crippen molar-refractivity contribution in [1.82, 2.24) is 15.0 Å². The maximum atomic E-state index is 10.2. The van der Waals surface area contributed by atoms with Gasteiger partial charge in [0.05, 0.1) is 70.0 Å². The van der Waals surface area contributed by atoms with Crippen LogP contribution in [0.15, 0.2) is 54.6 Å². The van der Waals surface area contributed by atoms with Gasteiger partial charge in [-0.1, -0.05) is 18.2 Å². The summed E-state index contributed by atoms with van der Waals surface area (Å²) in [6.45, 7) is 0. The van der Waals surface area contributed by atoms with Crippen LogP contribution in [0.5, 0.6) is 0 Å². The molecule has 0 saturated carbocycles. The van der Waals surface area contributed by atoms with E-state index in [4.69, 9.17) is 0 Å². The van der Waals surface area contributed by atoms with Crippen LogP contribution in [0.25, 0.3) is 0 Å². The smallest absolute Gasteiger partial charge is 0.543 e. The van der Waals surface area contributed by atoms with Crippen molar-refractivity contribution in [3.8, 4) is 0 Å². The Morgan fingerprint density at radius 1 is 0.368 bits per heavy atom. The molecule has 38 heavy (non-hydrogen) atoms. The minimum absolute atomic E-state index is 0. The molecule has 3 aromatic rings. The molecular weight excluding hydrogens is 598 g/mol. The Hall–Kier alpha value is -4.69. The number of carbonyl (C=O) groups excluding carboxylic acids is 6. The van der Waals surface area contributed by atoms with E-state index in [2.05, 4.69) is 15.0 Å². The summed E-state index contributed by atoms with van der Waals surface area (Å²) < 4.78 is 0. The van der Waals surface area contributed by atoms with Gasteiger partial charge in [-0.3, -0.25) is 0 Å². The zero-order valence-corrected chi connectivity index (χ0v) is 20.4. The summed E-state index contributed by atoms with van der Waals surface area (Å²) in [5.74, 6) is -9.09. The molecule has 0 aliphatic carbocycles. The van der Waals surface area contributed by atoms with Crippen molar-refractivity contribution >= 4 is 35.8 Å². The van der Waals surface area contributed by atoms with E-state index in [0.717, 1.165) is 36.4 Å². The summed E-state index contributed by atoms with van der Waals surface area (Å²) in [5.41, 5.74) is -2.52. The number of hydrogen-bond donors (Lipinski definition) is 0. The molecule has 0 spiro atoms. The molecule has 0 aliphatic rings. The molecule has 0 N–H and O–H groups in total. The van der Waals surface area contributed by atoms with E-state index in [1.165, 1.54) is 18.2 Å². The number of carboxylic acids is 6. The van der Waals surface area contributed by atoms with Crippen molar-refractivity contribution in [3.05, 3.63) is 88.8 Å². The second-order valence-electron chi connectivity index (χ2n) is 5.95. The average Bonchev–Trinajstić information content (AvgIpc) is 2.85. The summed E-state index contributed by atoms with van der Waals surface area (Å²) in [4.78, 5) is 70.9. The van der Waals surface area contributed by atoms with Crippen molar-refractivity contribution in [2.75, 3.05) is 0 Å². The molecule has 3 rings (SSSR count). The minimum Gasteiger partial charge on any atom is -0.543 e. The predicted molar refractivity (Wildman–Crippen MR) is 98.7 cm³/mol. The molecular formula is C21H9Fe2N3O12. The van der Waals surface area contributed by atoms with Gasteiger partial charge in [0.15, 0.2) is 0 Å². The molecule has 17 heteroatoms. The number of carboxylic acid groups (broad SMARTS) is 6. The predicted octanol–water partition coefficient (Wildman–Crippen LogP) is -6.58. The Morgan fingerprint density at radius 3 is 0.605 bits per heavy atom. The Balaban J connectivity index is 0. The van der Waals surface area contributed by atoms with Crippen LogP contribution in [0.4, 0.5) is 0 Å². The van der Waals surface area contributed by atoms with Crippen molar-refractivity contribution in [2.45, 2.75) is 0 Å². The normalized spacial score (nSPS) is 8.84. The topological polar surface area (TPSA) is 279 Å². The number of pyridine rings is 3. The van der Waals surface area contributed by atoms with Crippen LogP contribution in [0.2, 0.25) is 0 Å². The van der Waals surface area contributed by atoms with E-state index in [-0.39, 0.29) is 34.1 Å². The van der Waals surface area contributed by atoms with Gasteiger partial charge in [0.25, 0.3) is 0 Å². The van der Waals surface area contributed by atoms with E-state index in [1.807, 2.05) is 0 Å². The van der Waals surface area contributed by atoms with Gasteiger partial charge in [0.2, 0.25) is 0 Å². The summed E-state index contributed by atoms with van der Waals surface area (Å²) in [7, 11) is 0. The molecule has 0 saturated heterocycles. The molecule has 196 valence electrons. The van der Waals surface area contributed by atoms with Crippen molar-refractivity contribution < 1.29 is 93.5 Å². The first-order chi connectivity index (χ1) is 16.8. The van der Waals surface area contributed by atoms with Crippen molar-refractivity contribution in [3.63, 3.8) is 0 Å². The van der Waals surface area contributed by atoms with Crippen LogP contribution >= 0.6 is 0 Å². The average molecular weight is 607 g/mol. The van der Waals surface area contributed by atoms with Crippen LogP contribution in [0, 0.1) is 0 Å². The molecule has 3 aromatic heterocycles. The summed E-state index contributed by atoms with van der Waals surface area (Å²) >= 11 is 0. The number of rotatable bonds is 6. The molecule has 0 aromatic carbocycles. The monoisotopic (exact) mass is 607 g/mol. The zero-order valence-electron chi connectivity index (χ0n) is 18.1. The van der Waals surface area contributed by atoms with Gasteiger partial charge in [-0.05, 0) is 36.4 Å². The number of hydrogen-bond acceptors (Lipinski definition) is 15. The van der Waals surface area contributed by atoms with Crippen LogP contribution in [0.1, 0.15) is 62.9 Å². The van der Waals surface area contributed by atoms with Crippen LogP contribution in [0.3, 0.4) is 0 Å². The molecule has 0 unspecified atom stereocenters. The summed E-state index contributed by atoms with van der Waals surface area (Å²) in [6, 6.07) is 10.6. The Morgan fingerprint density at radius 2 is 0.500 bits per heavy atom. The van der Waals surface area contributed by atoms with Gasteiger partial charge in [-0.25, -0.2) is 15.0 Å². The third-order valence-corrected chi connectivity index (χ3v) is 3.50. The van der Waals surface area contributed by atoms with E-state index in [1.54, 1.807) is 0 Å². The molecule has 0 amide bonds. The van der Waals surface area contributed by atoms with Gasteiger partial charge >= 0.3 is 34.1 Å². The Bertz CT molecular complexity index is 1090. The fourth-order valence-corrected chi connectivity index (χ4v) is 1.99. The van der Waals surface area contributed by atoms with Crippen molar-refractivity contribution in [1.29, 1.82) is 0 Å². The second-order valence-corrected chi connectivity index (χ2v) is 5.95. The third kappa shape index (κ3) is 11.8. The minimum atomic E-state index is -1.52. The first-order valence-electron chi connectivity index (χ1n) is 9.02. The SMILES string of the molecule is O=C([O-])c1cccc(C(=O)[O-])n1.O=C([O-])c1cccc(C(=O)[O-])n1.O=C([O-])c1cccc(C(=O)[O-])n1.[Fe+3].[Fe+3]. The summed E-state index contributed by atoms with van der Waals surface area (Å²) in [6.07, 6.45) is 0. The fourth-order valence-electron chi connectivity index (χ4n) is 1.99. The Kier molecular flexibility index (Phi) is 15.8. The molecule has 2 radical (unpaired) electrons. The zero-order chi connectivity index (χ0) is 27.4. The summed E-state index contributed by atoms with van der Waals surface area (Å²) in [5, 5.41) is 61.1. The molecule has 0 aliphatic heterocycles. The first kappa shape index (κ1) is 35.5. The van der Waals surface area contributed by atoms with E-state index in [0.29, 0.717) is 0 Å². The quantitative estimate of drug-likeness (QED) is 0.236. The molecule has 0 bridgehead atoms. The second kappa shape index (κ2) is 16.9. The van der Waals surface area contributed by atoms with Crippen LogP contribution < -0.4 is 30.6 Å². The van der Waals surface area contributed by atoms with E-state index >= 15 is 0 Å².